The van der Waals surface area contributed by atoms with Crippen molar-refractivity contribution in [2.24, 2.45) is 5.10 Å². The van der Waals surface area contributed by atoms with Crippen LogP contribution in [0, 0.1) is 6.92 Å². The molecule has 1 aromatic heterocycles. The highest BCUT2D eigenvalue weighted by Crippen LogP contribution is 2.28. The Morgan fingerprint density at radius 3 is 2.70 bits per heavy atom. The predicted octanol–water partition coefficient (Wildman–Crippen LogP) is 4.66. The molecule has 0 bridgehead atoms. The molecule has 2 aromatic carbocycles. The van der Waals surface area contributed by atoms with E-state index >= 15 is 0 Å². The van der Waals surface area contributed by atoms with Crippen molar-refractivity contribution in [3.63, 3.8) is 0 Å². The number of aromatic amines is 1. The van der Waals surface area contributed by atoms with E-state index < -0.39 is 0 Å². The number of carbonyl (C=O) groups excluding carboxylic acids is 1. The number of nitrogens with zero attached hydrogens (tertiary/aromatic N) is 1. The fraction of sp³-hybridized carbons (Fsp3) is 0.0588. The van der Waals surface area contributed by atoms with Gasteiger partial charge in [0.15, 0.2) is 0 Å². The third-order valence-corrected chi connectivity index (χ3v) is 4.34. The van der Waals surface area contributed by atoms with Gasteiger partial charge < -0.3 is 4.98 Å². The summed E-state index contributed by atoms with van der Waals surface area (Å²) >= 11 is 9.56. The molecule has 6 heteroatoms. The summed E-state index contributed by atoms with van der Waals surface area (Å²) < 4.78 is 0.990. The molecule has 1 amide bonds. The molecule has 3 aromatic rings. The number of aromatic nitrogens is 1. The van der Waals surface area contributed by atoms with E-state index in [9.17, 15) is 4.79 Å². The number of fused-ring (bicyclic) bond motifs is 1. The first-order valence-corrected chi connectivity index (χ1v) is 8.09. The van der Waals surface area contributed by atoms with Crippen LogP contribution in [0.1, 0.15) is 21.6 Å². The first kappa shape index (κ1) is 15.8. The van der Waals surface area contributed by atoms with Crippen LogP contribution in [0.5, 0.6) is 0 Å². The van der Waals surface area contributed by atoms with E-state index in [1.54, 1.807) is 12.3 Å². The monoisotopic (exact) mass is 389 g/mol. The number of rotatable bonds is 3. The molecule has 0 atom stereocenters. The van der Waals surface area contributed by atoms with Crippen LogP contribution in [0.4, 0.5) is 0 Å². The molecule has 23 heavy (non-hydrogen) atoms. The van der Waals surface area contributed by atoms with Crippen LogP contribution in [-0.4, -0.2) is 17.1 Å². The van der Waals surface area contributed by atoms with Gasteiger partial charge in [0.2, 0.25) is 0 Å². The second-order valence-corrected chi connectivity index (χ2v) is 6.36. The summed E-state index contributed by atoms with van der Waals surface area (Å²) in [5.41, 5.74) is 5.52. The molecule has 0 saturated heterocycles. The third kappa shape index (κ3) is 3.30. The van der Waals surface area contributed by atoms with Crippen molar-refractivity contribution in [1.29, 1.82) is 0 Å². The van der Waals surface area contributed by atoms with Crippen molar-refractivity contribution >= 4 is 50.6 Å². The molecule has 116 valence electrons. The van der Waals surface area contributed by atoms with Gasteiger partial charge in [-0.15, -0.1) is 0 Å². The average molecular weight is 391 g/mol. The number of hydrazone groups is 1. The van der Waals surface area contributed by atoms with Crippen LogP contribution in [0.2, 0.25) is 5.02 Å². The van der Waals surface area contributed by atoms with E-state index in [4.69, 9.17) is 11.6 Å². The molecule has 0 fully saturated rings. The largest absolute Gasteiger partial charge is 0.350 e. The SMILES string of the molecule is Cc1c(C(=O)N/N=C\c2ccc(Br)cc2)[nH]c2cccc(Cl)c12. The van der Waals surface area contributed by atoms with Crippen LogP contribution in [-0.2, 0) is 0 Å². The molecular formula is C17H13BrClN3O. The number of H-pyrrole nitrogens is 1. The summed E-state index contributed by atoms with van der Waals surface area (Å²) in [4.78, 5) is 15.4. The molecule has 0 aliphatic rings. The Labute approximate surface area is 146 Å². The zero-order valence-corrected chi connectivity index (χ0v) is 14.6. The number of aryl methyl sites for hydroxylation is 1. The molecule has 0 aliphatic carbocycles. The van der Waals surface area contributed by atoms with Gasteiger partial charge in [-0.25, -0.2) is 5.43 Å². The third-order valence-electron chi connectivity index (χ3n) is 3.50. The predicted molar refractivity (Wildman–Crippen MR) is 97.2 cm³/mol. The summed E-state index contributed by atoms with van der Waals surface area (Å²) in [5.74, 6) is -0.303. The van der Waals surface area contributed by atoms with Gasteiger partial charge in [-0.05, 0) is 42.3 Å². The molecule has 0 radical (unpaired) electrons. The Bertz CT molecular complexity index is 900. The van der Waals surface area contributed by atoms with E-state index in [0.29, 0.717) is 10.7 Å². The highest BCUT2D eigenvalue weighted by molar-refractivity contribution is 9.10. The number of amides is 1. The zero-order valence-electron chi connectivity index (χ0n) is 12.2. The van der Waals surface area contributed by atoms with Gasteiger partial charge in [0, 0.05) is 15.4 Å². The van der Waals surface area contributed by atoms with Gasteiger partial charge in [0.25, 0.3) is 5.91 Å². The maximum Gasteiger partial charge on any atom is 0.288 e. The molecule has 0 spiro atoms. The van der Waals surface area contributed by atoms with Crippen molar-refractivity contribution in [3.05, 3.63) is 68.8 Å². The standard InChI is InChI=1S/C17H13BrClN3O/c1-10-15-13(19)3-2-4-14(15)21-16(10)17(23)22-20-9-11-5-7-12(18)8-6-11/h2-9,21H,1H3,(H,22,23)/b20-9-. The Hall–Kier alpha value is -2.11. The Kier molecular flexibility index (Phi) is 4.50. The minimum absolute atomic E-state index is 0.303. The molecule has 3 rings (SSSR count). The van der Waals surface area contributed by atoms with Crippen molar-refractivity contribution in [2.45, 2.75) is 6.92 Å². The van der Waals surface area contributed by atoms with Crippen LogP contribution in [0.15, 0.2) is 52.0 Å². The minimum Gasteiger partial charge on any atom is -0.350 e. The highest BCUT2D eigenvalue weighted by atomic mass is 79.9. The van der Waals surface area contributed by atoms with Gasteiger partial charge in [-0.3, -0.25) is 4.79 Å². The Morgan fingerprint density at radius 2 is 2.00 bits per heavy atom. The van der Waals surface area contributed by atoms with E-state index in [-0.39, 0.29) is 5.91 Å². The molecule has 0 unspecified atom stereocenters. The molecule has 1 heterocycles. The lowest BCUT2D eigenvalue weighted by molar-refractivity contribution is 0.0950. The number of carbonyl (C=O) groups is 1. The van der Waals surface area contributed by atoms with Crippen LogP contribution in [0.25, 0.3) is 10.9 Å². The van der Waals surface area contributed by atoms with Crippen LogP contribution < -0.4 is 5.43 Å². The lowest BCUT2D eigenvalue weighted by Crippen LogP contribution is -2.18. The smallest absolute Gasteiger partial charge is 0.288 e. The first-order valence-electron chi connectivity index (χ1n) is 6.92. The highest BCUT2D eigenvalue weighted by Gasteiger charge is 2.15. The number of hydrogen-bond donors (Lipinski definition) is 2. The van der Waals surface area contributed by atoms with Gasteiger partial charge in [0.05, 0.1) is 11.2 Å². The minimum atomic E-state index is -0.303. The summed E-state index contributed by atoms with van der Waals surface area (Å²) in [6.45, 7) is 1.86. The second kappa shape index (κ2) is 6.56. The normalized spacial score (nSPS) is 11.3. The molecule has 0 saturated carbocycles. The second-order valence-electron chi connectivity index (χ2n) is 5.04. The quantitative estimate of drug-likeness (QED) is 0.496. The lowest BCUT2D eigenvalue weighted by Gasteiger charge is -1.99. The van der Waals surface area contributed by atoms with E-state index in [1.165, 1.54) is 0 Å². The first-order chi connectivity index (χ1) is 11.1. The number of halogens is 2. The van der Waals surface area contributed by atoms with Gasteiger partial charge in [-0.1, -0.05) is 45.7 Å². The maximum atomic E-state index is 12.3. The molecular weight excluding hydrogens is 378 g/mol. The molecule has 2 N–H and O–H groups in total. The topological polar surface area (TPSA) is 57.2 Å². The summed E-state index contributed by atoms with van der Waals surface area (Å²) in [6.07, 6.45) is 1.59. The Balaban J connectivity index is 1.80. The van der Waals surface area contributed by atoms with Gasteiger partial charge in [0.1, 0.15) is 5.69 Å². The Morgan fingerprint density at radius 1 is 1.26 bits per heavy atom. The van der Waals surface area contributed by atoms with Crippen molar-refractivity contribution < 1.29 is 4.79 Å². The summed E-state index contributed by atoms with van der Waals surface area (Å²) in [5, 5.41) is 5.47. The summed E-state index contributed by atoms with van der Waals surface area (Å²) in [7, 11) is 0. The van der Waals surface area contributed by atoms with E-state index in [2.05, 4.69) is 31.4 Å². The fourth-order valence-corrected chi connectivity index (χ4v) is 2.94. The van der Waals surface area contributed by atoms with Crippen LogP contribution in [0.3, 0.4) is 0 Å². The number of nitrogens with one attached hydrogen (secondary N) is 2. The number of hydrogen-bond acceptors (Lipinski definition) is 2. The maximum absolute atomic E-state index is 12.3. The van der Waals surface area contributed by atoms with Gasteiger partial charge >= 0.3 is 0 Å². The van der Waals surface area contributed by atoms with Gasteiger partial charge in [-0.2, -0.15) is 5.10 Å². The summed E-state index contributed by atoms with van der Waals surface area (Å²) in [6, 6.07) is 13.1. The average Bonchev–Trinajstić information content (AvgIpc) is 2.88. The van der Waals surface area contributed by atoms with Crippen molar-refractivity contribution in [2.75, 3.05) is 0 Å². The zero-order chi connectivity index (χ0) is 16.4. The van der Waals surface area contributed by atoms with E-state index in [0.717, 1.165) is 26.5 Å². The fourth-order valence-electron chi connectivity index (χ4n) is 2.36. The van der Waals surface area contributed by atoms with E-state index in [1.807, 2.05) is 43.3 Å². The molecule has 4 nitrogen and oxygen atoms in total. The van der Waals surface area contributed by atoms with Crippen molar-refractivity contribution in [3.8, 4) is 0 Å². The number of benzene rings is 2. The lowest BCUT2D eigenvalue weighted by atomic mass is 10.1. The van der Waals surface area contributed by atoms with Crippen molar-refractivity contribution in [1.82, 2.24) is 10.4 Å². The molecule has 0 aliphatic heterocycles. The van der Waals surface area contributed by atoms with Crippen LogP contribution >= 0.6 is 27.5 Å².